The van der Waals surface area contributed by atoms with Gasteiger partial charge in [0.25, 0.3) is 0 Å². The van der Waals surface area contributed by atoms with Gasteiger partial charge in [-0.2, -0.15) is 0 Å². The Balaban J connectivity index is 2.19. The summed E-state index contributed by atoms with van der Waals surface area (Å²) in [6.07, 6.45) is 1.65. The molecular weight excluding hydrogens is 312 g/mol. The second-order valence-electron chi connectivity index (χ2n) is 4.37. The van der Waals surface area contributed by atoms with Crippen LogP contribution in [0.1, 0.15) is 6.92 Å². The molecule has 0 aliphatic carbocycles. The number of carbonyl (C=O) groups is 2. The van der Waals surface area contributed by atoms with Gasteiger partial charge in [-0.1, -0.05) is 17.7 Å². The maximum absolute atomic E-state index is 11.1. The van der Waals surface area contributed by atoms with Gasteiger partial charge in [-0.05, 0) is 18.2 Å². The molecule has 0 saturated heterocycles. The maximum Gasteiger partial charge on any atom is 0.327 e. The second-order valence-corrected chi connectivity index (χ2v) is 5.87. The number of carbonyl (C=O) groups excluding carboxylic acids is 1. The Morgan fingerprint density at radius 2 is 2.19 bits per heavy atom. The number of aromatic nitrogens is 1. The molecule has 1 atom stereocenters. The summed E-state index contributed by atoms with van der Waals surface area (Å²) in [5.74, 6) is -1.19. The van der Waals surface area contributed by atoms with E-state index < -0.39 is 12.0 Å². The van der Waals surface area contributed by atoms with Crippen LogP contribution in [0, 0.1) is 0 Å². The van der Waals surface area contributed by atoms with Crippen LogP contribution in [-0.2, 0) is 9.59 Å². The van der Waals surface area contributed by atoms with Crippen molar-refractivity contribution in [2.24, 2.45) is 0 Å². The smallest absolute Gasteiger partial charge is 0.327 e. The minimum Gasteiger partial charge on any atom is -0.480 e. The molecular formula is C14H13ClN2O3S. The second kappa shape index (κ2) is 6.78. The molecule has 1 aromatic heterocycles. The molecule has 110 valence electrons. The zero-order valence-corrected chi connectivity index (χ0v) is 12.7. The Morgan fingerprint density at radius 1 is 1.43 bits per heavy atom. The highest BCUT2D eigenvalue weighted by Gasteiger charge is 2.19. The van der Waals surface area contributed by atoms with Crippen molar-refractivity contribution >= 4 is 46.1 Å². The molecule has 0 saturated carbocycles. The molecule has 21 heavy (non-hydrogen) atoms. The minimum atomic E-state index is -1.06. The number of carboxylic acid groups (broad SMARTS) is 1. The van der Waals surface area contributed by atoms with Crippen LogP contribution in [0.25, 0.3) is 10.9 Å². The number of thioether (sulfide) groups is 1. The molecule has 0 unspecified atom stereocenters. The van der Waals surface area contributed by atoms with Gasteiger partial charge < -0.3 is 10.4 Å². The molecule has 0 radical (unpaired) electrons. The highest BCUT2D eigenvalue weighted by atomic mass is 35.5. The van der Waals surface area contributed by atoms with Gasteiger partial charge in [-0.15, -0.1) is 11.8 Å². The molecule has 1 heterocycles. The van der Waals surface area contributed by atoms with Gasteiger partial charge in [0.2, 0.25) is 5.91 Å². The quantitative estimate of drug-likeness (QED) is 0.826. The molecule has 0 fully saturated rings. The lowest BCUT2D eigenvalue weighted by atomic mass is 10.2. The van der Waals surface area contributed by atoms with Crippen molar-refractivity contribution in [1.29, 1.82) is 0 Å². The summed E-state index contributed by atoms with van der Waals surface area (Å²) >= 11 is 7.28. The molecule has 1 amide bonds. The Morgan fingerprint density at radius 3 is 2.86 bits per heavy atom. The van der Waals surface area contributed by atoms with Crippen LogP contribution in [0.15, 0.2) is 35.4 Å². The average molecular weight is 325 g/mol. The zero-order chi connectivity index (χ0) is 15.4. The number of hydrogen-bond donors (Lipinski definition) is 2. The normalized spacial score (nSPS) is 12.1. The number of fused-ring (bicyclic) bond motifs is 1. The average Bonchev–Trinajstić information content (AvgIpc) is 2.42. The van der Waals surface area contributed by atoms with E-state index in [1.807, 2.05) is 12.1 Å². The lowest BCUT2D eigenvalue weighted by Crippen LogP contribution is -2.41. The monoisotopic (exact) mass is 324 g/mol. The van der Waals surface area contributed by atoms with Crippen LogP contribution in [0.3, 0.4) is 0 Å². The van der Waals surface area contributed by atoms with Crippen LogP contribution in [0.2, 0.25) is 5.02 Å². The molecule has 7 heteroatoms. The van der Waals surface area contributed by atoms with Crippen LogP contribution in [0.5, 0.6) is 0 Å². The first-order chi connectivity index (χ1) is 9.97. The summed E-state index contributed by atoms with van der Waals surface area (Å²) in [6, 6.07) is 6.25. The van der Waals surface area contributed by atoms with Crippen molar-refractivity contribution in [2.75, 3.05) is 5.75 Å². The van der Waals surface area contributed by atoms with E-state index in [9.17, 15) is 9.59 Å². The third-order valence-corrected chi connectivity index (χ3v) is 4.15. The third-order valence-electron chi connectivity index (χ3n) is 2.75. The predicted molar refractivity (Wildman–Crippen MR) is 82.7 cm³/mol. The Labute approximate surface area is 130 Å². The number of nitrogens with zero attached hydrogens (tertiary/aromatic N) is 1. The van der Waals surface area contributed by atoms with Crippen molar-refractivity contribution < 1.29 is 14.7 Å². The van der Waals surface area contributed by atoms with Gasteiger partial charge in [-0.3, -0.25) is 9.78 Å². The van der Waals surface area contributed by atoms with E-state index in [0.29, 0.717) is 5.02 Å². The molecule has 0 aliphatic rings. The lowest BCUT2D eigenvalue weighted by Gasteiger charge is -2.13. The van der Waals surface area contributed by atoms with Gasteiger partial charge >= 0.3 is 5.97 Å². The van der Waals surface area contributed by atoms with E-state index >= 15 is 0 Å². The van der Waals surface area contributed by atoms with Crippen LogP contribution < -0.4 is 5.32 Å². The first-order valence-electron chi connectivity index (χ1n) is 6.14. The van der Waals surface area contributed by atoms with Crippen molar-refractivity contribution in [3.05, 3.63) is 35.5 Å². The molecule has 0 aliphatic heterocycles. The fraction of sp³-hybridized carbons (Fsp3) is 0.214. The molecule has 2 rings (SSSR count). The Hall–Kier alpha value is -1.79. The van der Waals surface area contributed by atoms with E-state index in [-0.39, 0.29) is 11.7 Å². The number of benzene rings is 1. The summed E-state index contributed by atoms with van der Waals surface area (Å²) in [5.41, 5.74) is 0.749. The summed E-state index contributed by atoms with van der Waals surface area (Å²) in [6.45, 7) is 1.30. The van der Waals surface area contributed by atoms with E-state index in [4.69, 9.17) is 16.7 Å². The molecule has 2 N–H and O–H groups in total. The molecule has 0 bridgehead atoms. The van der Waals surface area contributed by atoms with Crippen molar-refractivity contribution in [3.63, 3.8) is 0 Å². The largest absolute Gasteiger partial charge is 0.480 e. The molecule has 1 aromatic carbocycles. The van der Waals surface area contributed by atoms with E-state index in [0.717, 1.165) is 15.8 Å². The first-order valence-corrected chi connectivity index (χ1v) is 7.50. The Kier molecular flexibility index (Phi) is 5.03. The predicted octanol–water partition coefficient (Wildman–Crippen LogP) is 2.57. The zero-order valence-electron chi connectivity index (χ0n) is 11.2. The van der Waals surface area contributed by atoms with Gasteiger partial charge in [0.15, 0.2) is 0 Å². The maximum atomic E-state index is 11.1. The third kappa shape index (κ3) is 4.09. The number of halogens is 1. The van der Waals surface area contributed by atoms with Crippen LogP contribution in [0.4, 0.5) is 0 Å². The van der Waals surface area contributed by atoms with Gasteiger partial charge in [0.1, 0.15) is 6.04 Å². The van der Waals surface area contributed by atoms with Gasteiger partial charge in [0, 0.05) is 34.2 Å². The molecule has 0 spiro atoms. The number of carboxylic acids is 1. The highest BCUT2D eigenvalue weighted by molar-refractivity contribution is 7.99. The van der Waals surface area contributed by atoms with Crippen LogP contribution in [-0.4, -0.2) is 33.8 Å². The highest BCUT2D eigenvalue weighted by Crippen LogP contribution is 2.28. The summed E-state index contributed by atoms with van der Waals surface area (Å²) in [5, 5.41) is 13.0. The SMILES string of the molecule is CC(=O)N[C@H](CSc1ccnc2cc(Cl)ccc12)C(=O)O. The topological polar surface area (TPSA) is 79.3 Å². The minimum absolute atomic E-state index is 0.233. The summed E-state index contributed by atoms with van der Waals surface area (Å²) < 4.78 is 0. The van der Waals surface area contributed by atoms with E-state index in [1.165, 1.54) is 18.7 Å². The van der Waals surface area contributed by atoms with Gasteiger partial charge in [-0.25, -0.2) is 4.79 Å². The van der Waals surface area contributed by atoms with Crippen molar-refractivity contribution in [1.82, 2.24) is 10.3 Å². The van der Waals surface area contributed by atoms with E-state index in [1.54, 1.807) is 18.3 Å². The number of rotatable bonds is 5. The number of pyridine rings is 1. The van der Waals surface area contributed by atoms with Crippen molar-refractivity contribution in [2.45, 2.75) is 17.9 Å². The fourth-order valence-corrected chi connectivity index (χ4v) is 3.04. The standard InChI is InChI=1S/C14H13ClN2O3S/c1-8(18)17-12(14(19)20)7-21-13-4-5-16-11-6-9(15)2-3-10(11)13/h2-6,12H,7H2,1H3,(H,17,18)(H,19,20)/t12-/m1/s1. The number of hydrogen-bond acceptors (Lipinski definition) is 4. The molecule has 2 aromatic rings. The number of nitrogens with one attached hydrogen (secondary N) is 1. The first kappa shape index (κ1) is 15.6. The van der Waals surface area contributed by atoms with Gasteiger partial charge in [0.05, 0.1) is 5.52 Å². The molecule has 5 nitrogen and oxygen atoms in total. The summed E-state index contributed by atoms with van der Waals surface area (Å²) in [4.78, 5) is 27.2. The lowest BCUT2D eigenvalue weighted by molar-refractivity contribution is -0.140. The number of amides is 1. The summed E-state index contributed by atoms with van der Waals surface area (Å²) in [7, 11) is 0. The van der Waals surface area contributed by atoms with Crippen molar-refractivity contribution in [3.8, 4) is 0 Å². The fourth-order valence-electron chi connectivity index (χ4n) is 1.81. The Bertz CT molecular complexity index is 693. The van der Waals surface area contributed by atoms with E-state index in [2.05, 4.69) is 10.3 Å². The van der Waals surface area contributed by atoms with Crippen LogP contribution >= 0.6 is 23.4 Å². The number of aliphatic carboxylic acids is 1.